The number of anilines is 1. The molecule has 5 atom stereocenters. The lowest BCUT2D eigenvalue weighted by Crippen LogP contribution is -2.52. The molecule has 13 nitrogen and oxygen atoms in total. The fourth-order valence-corrected chi connectivity index (χ4v) is 5.28. The molecule has 2 aliphatic rings. The molecule has 0 aromatic carbocycles. The molecule has 2 saturated heterocycles. The molecule has 2 aromatic heterocycles. The van der Waals surface area contributed by atoms with E-state index < -0.39 is 56.8 Å². The Labute approximate surface area is 192 Å². The molecule has 34 heavy (non-hydrogen) atoms. The summed E-state index contributed by atoms with van der Waals surface area (Å²) in [4.78, 5) is 23.9. The normalized spacial score (nSPS) is 33.3. The zero-order chi connectivity index (χ0) is 24.9. The Kier molecular flexibility index (Phi) is 6.27. The number of nitrogens with two attached hydrogens (primary N) is 1. The predicted octanol–water partition coefficient (Wildman–Crippen LogP) is 1.79. The molecule has 188 valence electrons. The summed E-state index contributed by atoms with van der Waals surface area (Å²) in [7, 11) is -4.28. The van der Waals surface area contributed by atoms with E-state index in [1.54, 1.807) is 20.8 Å². The van der Waals surface area contributed by atoms with Crippen molar-refractivity contribution in [2.24, 2.45) is 0 Å². The molecule has 16 heteroatoms. The number of halogens is 2. The fourth-order valence-electron chi connectivity index (χ4n) is 3.74. The summed E-state index contributed by atoms with van der Waals surface area (Å²) in [6.45, 7) is 4.78. The maximum absolute atomic E-state index is 16.1. The number of alkyl halides is 2. The Balaban J connectivity index is 1.61. The van der Waals surface area contributed by atoms with Gasteiger partial charge in [-0.1, -0.05) is 0 Å². The van der Waals surface area contributed by atoms with E-state index in [9.17, 15) is 9.36 Å². The topological polar surface area (TPSA) is 162 Å². The second-order valence-electron chi connectivity index (χ2n) is 8.18. The van der Waals surface area contributed by atoms with Gasteiger partial charge in [0.25, 0.3) is 5.85 Å². The number of carbonyl (C=O) groups is 1. The molecule has 4 rings (SSSR count). The van der Waals surface area contributed by atoms with Gasteiger partial charge in [-0.3, -0.25) is 18.4 Å². The smallest absolute Gasteiger partial charge is 0.406 e. The Morgan fingerprint density at radius 3 is 2.85 bits per heavy atom. The second kappa shape index (κ2) is 8.64. The first-order chi connectivity index (χ1) is 15.9. The van der Waals surface area contributed by atoms with Crippen LogP contribution in [0.5, 0.6) is 5.88 Å². The number of nitrogen functional groups attached to an aromatic ring is 1. The Morgan fingerprint density at radius 2 is 2.18 bits per heavy atom. The molecule has 0 unspecified atom stereocenters. The van der Waals surface area contributed by atoms with Crippen molar-refractivity contribution >= 4 is 30.8 Å². The highest BCUT2D eigenvalue weighted by atomic mass is 31.2. The molecule has 2 aromatic rings. The average Bonchev–Trinajstić information content (AvgIpc) is 3.24. The molecule has 0 spiro atoms. The lowest BCUT2D eigenvalue weighted by Gasteiger charge is -2.37. The quantitative estimate of drug-likeness (QED) is 0.414. The van der Waals surface area contributed by atoms with Crippen LogP contribution in [0.2, 0.25) is 0 Å². The van der Waals surface area contributed by atoms with Gasteiger partial charge in [0, 0.05) is 0 Å². The molecular weight excluding hydrogens is 481 g/mol. The molecule has 0 amide bonds. The monoisotopic (exact) mass is 506 g/mol. The number of fused-ring (bicyclic) bond motifs is 2. The van der Waals surface area contributed by atoms with E-state index in [0.717, 1.165) is 11.5 Å². The van der Waals surface area contributed by atoms with Gasteiger partial charge in [-0.15, -0.1) is 0 Å². The van der Waals surface area contributed by atoms with Crippen molar-refractivity contribution in [2.75, 3.05) is 25.5 Å². The lowest BCUT2D eigenvalue weighted by molar-refractivity contribution is -0.214. The number of nitrogens with zero attached hydrogens (tertiary/aromatic N) is 4. The van der Waals surface area contributed by atoms with Crippen LogP contribution in [0.15, 0.2) is 6.33 Å². The largest absolute Gasteiger partial charge is 0.476 e. The molecule has 4 heterocycles. The molecule has 2 aliphatic heterocycles. The van der Waals surface area contributed by atoms with Gasteiger partial charge in [-0.05, 0) is 27.7 Å². The van der Waals surface area contributed by atoms with Crippen LogP contribution in [0, 0.1) is 0 Å². The minimum Gasteiger partial charge on any atom is -0.476 e. The number of ether oxygens (including phenoxy) is 3. The predicted molar refractivity (Wildman–Crippen MR) is 112 cm³/mol. The number of carbonyl (C=O) groups excluding carboxylic acids is 1. The third kappa shape index (κ3) is 4.33. The van der Waals surface area contributed by atoms with Crippen LogP contribution in [0.25, 0.3) is 11.2 Å². The standard InChI is InChI=1S/C18H25F2N6O7P/c1-5-29-13-11-12(24-16(21)25-13)26(8-22-11)15-17(4,19)14-18(20,32-15)7-30-34(28,33-14)23-6-10(27)31-9(2)3/h8-9,14-15H,5-7H2,1-4H3,(H,23,28)(H2,21,24,25)/t14-,15+,17+,18+,34-/m0/s1. The number of rotatable bonds is 7. The molecule has 0 radical (unpaired) electrons. The fraction of sp³-hybridized carbons (Fsp3) is 0.667. The summed E-state index contributed by atoms with van der Waals surface area (Å²) >= 11 is 0. The van der Waals surface area contributed by atoms with E-state index in [4.69, 9.17) is 29.0 Å². The zero-order valence-electron chi connectivity index (χ0n) is 18.9. The minimum absolute atomic E-state index is 0.0331. The van der Waals surface area contributed by atoms with Crippen molar-refractivity contribution in [1.82, 2.24) is 24.6 Å². The number of imidazole rings is 1. The Morgan fingerprint density at radius 1 is 1.44 bits per heavy atom. The molecule has 2 fully saturated rings. The van der Waals surface area contributed by atoms with E-state index in [-0.39, 0.29) is 29.6 Å². The highest BCUT2D eigenvalue weighted by Gasteiger charge is 2.70. The third-order valence-corrected chi connectivity index (χ3v) is 6.60. The van der Waals surface area contributed by atoms with Gasteiger partial charge in [-0.2, -0.15) is 9.97 Å². The summed E-state index contributed by atoms with van der Waals surface area (Å²) in [5.74, 6) is -3.66. The summed E-state index contributed by atoms with van der Waals surface area (Å²) in [6, 6.07) is 0. The lowest BCUT2D eigenvalue weighted by atomic mass is 9.97. The number of aromatic nitrogens is 4. The minimum atomic E-state index is -4.28. The van der Waals surface area contributed by atoms with Gasteiger partial charge in [0.2, 0.25) is 11.8 Å². The molecule has 0 saturated carbocycles. The number of hydrogen-bond acceptors (Lipinski definition) is 11. The van der Waals surface area contributed by atoms with E-state index in [1.807, 2.05) is 0 Å². The van der Waals surface area contributed by atoms with Gasteiger partial charge in [0.05, 0.1) is 19.0 Å². The summed E-state index contributed by atoms with van der Waals surface area (Å²) in [5, 5.41) is 2.25. The summed E-state index contributed by atoms with van der Waals surface area (Å²) < 4.78 is 71.7. The zero-order valence-corrected chi connectivity index (χ0v) is 19.8. The SMILES string of the molecule is CCOc1nc(N)nc2c1ncn2[C@@H]1O[C@]2(F)CO[P@@](=O)(NCC(=O)OC(C)C)O[C@H]2[C@@]1(C)F. The van der Waals surface area contributed by atoms with Gasteiger partial charge >= 0.3 is 13.7 Å². The number of hydrogen-bond donors (Lipinski definition) is 2. The van der Waals surface area contributed by atoms with Crippen molar-refractivity contribution in [3.63, 3.8) is 0 Å². The van der Waals surface area contributed by atoms with Crippen molar-refractivity contribution in [1.29, 1.82) is 0 Å². The second-order valence-corrected chi connectivity index (χ2v) is 9.96. The van der Waals surface area contributed by atoms with Crippen LogP contribution in [-0.2, 0) is 27.9 Å². The van der Waals surface area contributed by atoms with Crippen LogP contribution >= 0.6 is 7.75 Å². The molecule has 0 aliphatic carbocycles. The van der Waals surface area contributed by atoms with Crippen molar-refractivity contribution in [2.45, 2.75) is 57.7 Å². The number of esters is 1. The first-order valence-corrected chi connectivity index (χ1v) is 12.0. The summed E-state index contributed by atoms with van der Waals surface area (Å²) in [6.07, 6.45) is -2.88. The maximum Gasteiger partial charge on any atom is 0.406 e. The average molecular weight is 506 g/mol. The van der Waals surface area contributed by atoms with Crippen LogP contribution in [-0.4, -0.2) is 69.0 Å². The van der Waals surface area contributed by atoms with Gasteiger partial charge in [-0.25, -0.2) is 23.4 Å². The molecule has 3 N–H and O–H groups in total. The van der Waals surface area contributed by atoms with Crippen molar-refractivity contribution < 1.29 is 41.4 Å². The van der Waals surface area contributed by atoms with E-state index in [0.29, 0.717) is 0 Å². The highest BCUT2D eigenvalue weighted by molar-refractivity contribution is 7.51. The highest BCUT2D eigenvalue weighted by Crippen LogP contribution is 2.60. The van der Waals surface area contributed by atoms with Gasteiger partial charge < -0.3 is 19.9 Å². The van der Waals surface area contributed by atoms with Crippen LogP contribution in [0.3, 0.4) is 0 Å². The first-order valence-electron chi connectivity index (χ1n) is 10.4. The van der Waals surface area contributed by atoms with E-state index in [1.165, 1.54) is 6.33 Å². The van der Waals surface area contributed by atoms with Crippen LogP contribution < -0.4 is 15.6 Å². The third-order valence-electron chi connectivity index (χ3n) is 5.09. The number of nitrogens with one attached hydrogen (secondary N) is 1. The van der Waals surface area contributed by atoms with Crippen molar-refractivity contribution in [3.05, 3.63) is 6.33 Å². The van der Waals surface area contributed by atoms with E-state index >= 15 is 8.78 Å². The van der Waals surface area contributed by atoms with Crippen molar-refractivity contribution in [3.8, 4) is 5.88 Å². The van der Waals surface area contributed by atoms with Crippen LogP contribution in [0.4, 0.5) is 14.7 Å². The first kappa shape index (κ1) is 24.7. The molecule has 0 bridgehead atoms. The Bertz CT molecular complexity index is 1150. The Hall–Kier alpha value is -2.45. The maximum atomic E-state index is 16.1. The van der Waals surface area contributed by atoms with E-state index in [2.05, 4.69) is 20.0 Å². The van der Waals surface area contributed by atoms with Gasteiger partial charge in [0.1, 0.15) is 13.2 Å². The van der Waals surface area contributed by atoms with Gasteiger partial charge in [0.15, 0.2) is 29.2 Å². The van der Waals surface area contributed by atoms with Crippen LogP contribution in [0.1, 0.15) is 33.9 Å². The molecular formula is C18H25F2N6O7P. The summed E-state index contributed by atoms with van der Waals surface area (Å²) in [5.41, 5.74) is 3.34.